The molecule has 0 saturated heterocycles. The first-order valence-electron chi connectivity index (χ1n) is 5.62. The number of hydrogen-bond donors (Lipinski definition) is 2. The Hall–Kier alpha value is -1.55. The Labute approximate surface area is 102 Å². The van der Waals surface area contributed by atoms with Crippen molar-refractivity contribution in [3.05, 3.63) is 34.4 Å². The smallest absolute Gasteiger partial charge is 0.407 e. The molecule has 0 aliphatic rings. The maximum Gasteiger partial charge on any atom is 0.407 e. The van der Waals surface area contributed by atoms with Crippen molar-refractivity contribution in [3.8, 4) is 0 Å². The first-order valence-corrected chi connectivity index (χ1v) is 5.62. The van der Waals surface area contributed by atoms with E-state index in [2.05, 4.69) is 17.4 Å². The van der Waals surface area contributed by atoms with E-state index >= 15 is 0 Å². The quantitative estimate of drug-likeness (QED) is 0.840. The molecule has 17 heavy (non-hydrogen) atoms. The number of rotatable bonds is 4. The third-order valence-electron chi connectivity index (χ3n) is 2.57. The van der Waals surface area contributed by atoms with Gasteiger partial charge in [-0.3, -0.25) is 0 Å². The summed E-state index contributed by atoms with van der Waals surface area (Å²) in [7, 11) is 0. The number of ether oxygens (including phenoxy) is 1. The Morgan fingerprint density at radius 1 is 1.29 bits per heavy atom. The van der Waals surface area contributed by atoms with Crippen molar-refractivity contribution in [1.82, 2.24) is 5.32 Å². The van der Waals surface area contributed by atoms with Gasteiger partial charge in [-0.15, -0.1) is 0 Å². The number of hydrogen-bond acceptors (Lipinski definition) is 3. The molecule has 1 aromatic carbocycles. The highest BCUT2D eigenvalue weighted by Gasteiger charge is 2.07. The lowest BCUT2D eigenvalue weighted by Crippen LogP contribution is -2.27. The summed E-state index contributed by atoms with van der Waals surface area (Å²) in [5.41, 5.74) is 4.48. The minimum Gasteiger partial charge on any atom is -0.445 e. The lowest BCUT2D eigenvalue weighted by molar-refractivity contribution is 0.136. The van der Waals surface area contributed by atoms with Crippen LogP contribution in [0.15, 0.2) is 12.1 Å². The number of aliphatic hydroxyl groups is 1. The van der Waals surface area contributed by atoms with E-state index in [4.69, 9.17) is 9.84 Å². The van der Waals surface area contributed by atoms with Crippen molar-refractivity contribution in [2.75, 3.05) is 13.2 Å². The summed E-state index contributed by atoms with van der Waals surface area (Å²) in [6, 6.07) is 4.13. The molecule has 0 unspecified atom stereocenters. The van der Waals surface area contributed by atoms with Gasteiger partial charge in [0.05, 0.1) is 6.61 Å². The molecular formula is C13H19NO3. The zero-order valence-electron chi connectivity index (χ0n) is 10.5. The first-order chi connectivity index (χ1) is 8.04. The molecule has 1 aromatic rings. The molecule has 0 atom stereocenters. The molecule has 0 radical (unpaired) electrons. The lowest BCUT2D eigenvalue weighted by Gasteiger charge is -2.12. The fourth-order valence-electron chi connectivity index (χ4n) is 1.78. The maximum absolute atomic E-state index is 11.2. The van der Waals surface area contributed by atoms with Crippen LogP contribution in [0.2, 0.25) is 0 Å². The summed E-state index contributed by atoms with van der Waals surface area (Å²) in [5.74, 6) is 0. The average Bonchev–Trinajstić information content (AvgIpc) is 2.24. The Bertz CT molecular complexity index is 379. The minimum atomic E-state index is -0.501. The minimum absolute atomic E-state index is 0.0856. The Kier molecular flexibility index (Phi) is 4.97. The van der Waals surface area contributed by atoms with E-state index in [1.807, 2.05) is 20.8 Å². The second kappa shape index (κ2) is 6.25. The Balaban J connectivity index is 2.60. The number of carbonyl (C=O) groups excluding carboxylic acids is 1. The summed E-state index contributed by atoms with van der Waals surface area (Å²) in [6.07, 6.45) is -0.501. The molecule has 0 aliphatic carbocycles. The third-order valence-corrected chi connectivity index (χ3v) is 2.57. The average molecular weight is 237 g/mol. The maximum atomic E-state index is 11.2. The molecule has 4 nitrogen and oxygen atoms in total. The molecule has 0 spiro atoms. The van der Waals surface area contributed by atoms with Crippen molar-refractivity contribution < 1.29 is 14.6 Å². The fourth-order valence-corrected chi connectivity index (χ4v) is 1.78. The molecule has 4 heteroatoms. The first kappa shape index (κ1) is 13.5. The topological polar surface area (TPSA) is 58.6 Å². The molecule has 0 aromatic heterocycles. The van der Waals surface area contributed by atoms with Crippen LogP contribution in [0.25, 0.3) is 0 Å². The number of aliphatic hydroxyl groups excluding tert-OH is 1. The fraction of sp³-hybridized carbons (Fsp3) is 0.462. The van der Waals surface area contributed by atoms with Crippen molar-refractivity contribution in [2.45, 2.75) is 27.4 Å². The highest BCUT2D eigenvalue weighted by atomic mass is 16.5. The summed E-state index contributed by atoms with van der Waals surface area (Å²) in [6.45, 7) is 6.44. The molecule has 0 heterocycles. The normalized spacial score (nSPS) is 10.1. The summed E-state index contributed by atoms with van der Waals surface area (Å²) >= 11 is 0. The van der Waals surface area contributed by atoms with Crippen LogP contribution in [0.4, 0.5) is 4.79 Å². The molecule has 0 saturated carbocycles. The van der Waals surface area contributed by atoms with E-state index in [0.717, 1.165) is 16.7 Å². The monoisotopic (exact) mass is 237 g/mol. The van der Waals surface area contributed by atoms with Crippen LogP contribution in [0.5, 0.6) is 0 Å². The zero-order chi connectivity index (χ0) is 12.8. The molecular weight excluding hydrogens is 218 g/mol. The largest absolute Gasteiger partial charge is 0.445 e. The van der Waals surface area contributed by atoms with Gasteiger partial charge in [0.25, 0.3) is 0 Å². The number of alkyl carbamates (subject to hydrolysis) is 1. The van der Waals surface area contributed by atoms with Crippen LogP contribution < -0.4 is 5.32 Å². The van der Waals surface area contributed by atoms with Gasteiger partial charge in [-0.25, -0.2) is 4.79 Å². The van der Waals surface area contributed by atoms with Gasteiger partial charge in [0, 0.05) is 6.54 Å². The molecule has 0 fully saturated rings. The molecule has 1 rings (SSSR count). The molecule has 0 bridgehead atoms. The van der Waals surface area contributed by atoms with E-state index < -0.39 is 6.09 Å². The predicted molar refractivity (Wildman–Crippen MR) is 65.9 cm³/mol. The van der Waals surface area contributed by atoms with E-state index in [1.54, 1.807) is 0 Å². The van der Waals surface area contributed by atoms with Gasteiger partial charge < -0.3 is 15.2 Å². The zero-order valence-corrected chi connectivity index (χ0v) is 10.5. The third kappa shape index (κ3) is 4.07. The second-order valence-corrected chi connectivity index (χ2v) is 4.10. The van der Waals surface area contributed by atoms with E-state index in [0.29, 0.717) is 0 Å². The Morgan fingerprint density at radius 2 is 1.88 bits per heavy atom. The van der Waals surface area contributed by atoms with Crippen LogP contribution in [0.3, 0.4) is 0 Å². The number of carbonyl (C=O) groups is 1. The van der Waals surface area contributed by atoms with Crippen LogP contribution in [-0.4, -0.2) is 24.4 Å². The molecule has 0 aliphatic heterocycles. The summed E-state index contributed by atoms with van der Waals surface area (Å²) in [4.78, 5) is 11.2. The van der Waals surface area contributed by atoms with E-state index in [-0.39, 0.29) is 19.8 Å². The number of aryl methyl sites for hydroxylation is 3. The van der Waals surface area contributed by atoms with E-state index in [1.165, 1.54) is 5.56 Å². The Morgan fingerprint density at radius 3 is 2.41 bits per heavy atom. The lowest BCUT2D eigenvalue weighted by atomic mass is 10.0. The summed E-state index contributed by atoms with van der Waals surface area (Å²) in [5, 5.41) is 11.0. The number of amides is 1. The SMILES string of the molecule is Cc1cc(C)c(COC(=O)NCCO)c(C)c1. The van der Waals surface area contributed by atoms with Crippen LogP contribution in [0.1, 0.15) is 22.3 Å². The van der Waals surface area contributed by atoms with Crippen molar-refractivity contribution in [3.63, 3.8) is 0 Å². The van der Waals surface area contributed by atoms with Gasteiger partial charge in [0.1, 0.15) is 6.61 Å². The highest BCUT2D eigenvalue weighted by molar-refractivity contribution is 5.67. The van der Waals surface area contributed by atoms with Gasteiger partial charge >= 0.3 is 6.09 Å². The van der Waals surface area contributed by atoms with Gasteiger partial charge in [-0.2, -0.15) is 0 Å². The predicted octanol–water partition coefficient (Wildman–Crippen LogP) is 1.83. The van der Waals surface area contributed by atoms with Crippen LogP contribution in [-0.2, 0) is 11.3 Å². The van der Waals surface area contributed by atoms with Gasteiger partial charge in [-0.1, -0.05) is 17.7 Å². The van der Waals surface area contributed by atoms with Crippen molar-refractivity contribution in [2.24, 2.45) is 0 Å². The van der Waals surface area contributed by atoms with Crippen molar-refractivity contribution >= 4 is 6.09 Å². The molecule has 1 amide bonds. The number of benzene rings is 1. The van der Waals surface area contributed by atoms with Crippen LogP contribution >= 0.6 is 0 Å². The molecule has 2 N–H and O–H groups in total. The van der Waals surface area contributed by atoms with Gasteiger partial charge in [0.15, 0.2) is 0 Å². The highest BCUT2D eigenvalue weighted by Crippen LogP contribution is 2.17. The standard InChI is InChI=1S/C13H19NO3/c1-9-6-10(2)12(11(3)7-9)8-17-13(16)14-4-5-15/h6-7,15H,4-5,8H2,1-3H3,(H,14,16). The van der Waals surface area contributed by atoms with Crippen LogP contribution in [0, 0.1) is 20.8 Å². The van der Waals surface area contributed by atoms with Crippen molar-refractivity contribution in [1.29, 1.82) is 0 Å². The van der Waals surface area contributed by atoms with E-state index in [9.17, 15) is 4.79 Å². The van der Waals surface area contributed by atoms with Gasteiger partial charge in [0.2, 0.25) is 0 Å². The second-order valence-electron chi connectivity index (χ2n) is 4.10. The number of nitrogens with one attached hydrogen (secondary N) is 1. The summed E-state index contributed by atoms with van der Waals surface area (Å²) < 4.78 is 5.07. The molecule has 94 valence electrons. The van der Waals surface area contributed by atoms with Gasteiger partial charge in [-0.05, 0) is 37.5 Å².